The highest BCUT2D eigenvalue weighted by atomic mass is 16.5. The van der Waals surface area contributed by atoms with Crippen LogP contribution in [-0.4, -0.2) is 37.7 Å². The van der Waals surface area contributed by atoms with Gasteiger partial charge in [-0.2, -0.15) is 5.10 Å². The van der Waals surface area contributed by atoms with Gasteiger partial charge in [0.15, 0.2) is 0 Å². The molecule has 0 aliphatic carbocycles. The summed E-state index contributed by atoms with van der Waals surface area (Å²) in [6.07, 6.45) is 4.77. The van der Waals surface area contributed by atoms with Gasteiger partial charge in [-0.15, -0.1) is 0 Å². The molecule has 3 heterocycles. The van der Waals surface area contributed by atoms with E-state index in [1.165, 1.54) is 6.26 Å². The number of methoxy groups -OCH3 is 1. The van der Waals surface area contributed by atoms with Gasteiger partial charge in [0.1, 0.15) is 23.5 Å². The smallest absolute Gasteiger partial charge is 0.307 e. The van der Waals surface area contributed by atoms with E-state index in [2.05, 4.69) is 30.7 Å². The van der Waals surface area contributed by atoms with Crippen LogP contribution in [0, 0.1) is 6.92 Å². The summed E-state index contributed by atoms with van der Waals surface area (Å²) in [5.41, 5.74) is 3.79. The van der Waals surface area contributed by atoms with E-state index in [-0.39, 0.29) is 5.89 Å². The summed E-state index contributed by atoms with van der Waals surface area (Å²) in [7, 11) is 3.45. The van der Waals surface area contributed by atoms with E-state index < -0.39 is 5.91 Å². The monoisotopic (exact) mass is 433 g/mol. The lowest BCUT2D eigenvalue weighted by Gasteiger charge is -2.09. The van der Waals surface area contributed by atoms with Crippen molar-refractivity contribution in [3.63, 3.8) is 0 Å². The molecule has 10 nitrogen and oxygen atoms in total. The van der Waals surface area contributed by atoms with E-state index in [1.807, 2.05) is 44.3 Å². The minimum Gasteiger partial charge on any atom is -0.440 e. The van der Waals surface area contributed by atoms with Gasteiger partial charge in [-0.3, -0.25) is 9.48 Å². The number of benzene rings is 1. The maximum Gasteiger partial charge on any atom is 0.307 e. The minimum atomic E-state index is -0.414. The summed E-state index contributed by atoms with van der Waals surface area (Å²) in [6, 6.07) is 9.56. The molecule has 0 saturated heterocycles. The third-order valence-electron chi connectivity index (χ3n) is 4.83. The Labute approximate surface area is 184 Å². The first-order chi connectivity index (χ1) is 15.5. The number of aromatic nitrogens is 5. The number of carbonyl (C=O) groups excluding carboxylic acids is 1. The number of hydrogen-bond donors (Lipinski definition) is 2. The van der Waals surface area contributed by atoms with Crippen molar-refractivity contribution in [2.75, 3.05) is 12.4 Å². The SMILES string of the molecule is COCc1ccccc1CNC(=O)c1nc(-c2nc(Nc3ccnn3C)ncc2C)co1. The predicted octanol–water partition coefficient (Wildman–Crippen LogP) is 2.99. The summed E-state index contributed by atoms with van der Waals surface area (Å²) >= 11 is 0. The highest BCUT2D eigenvalue weighted by molar-refractivity contribution is 5.90. The number of nitrogens with zero attached hydrogens (tertiary/aromatic N) is 5. The van der Waals surface area contributed by atoms with Crippen molar-refractivity contribution in [3.05, 3.63) is 71.6 Å². The zero-order valence-electron chi connectivity index (χ0n) is 18.0. The van der Waals surface area contributed by atoms with E-state index in [9.17, 15) is 4.79 Å². The molecule has 0 radical (unpaired) electrons. The van der Waals surface area contributed by atoms with Gasteiger partial charge in [-0.25, -0.2) is 15.0 Å². The maximum absolute atomic E-state index is 12.6. The molecule has 0 spiro atoms. The lowest BCUT2D eigenvalue weighted by atomic mass is 10.1. The predicted molar refractivity (Wildman–Crippen MR) is 117 cm³/mol. The van der Waals surface area contributed by atoms with Gasteiger partial charge in [0.05, 0.1) is 12.8 Å². The van der Waals surface area contributed by atoms with Crippen LogP contribution in [0.25, 0.3) is 11.4 Å². The Hall–Kier alpha value is -4.05. The van der Waals surface area contributed by atoms with E-state index >= 15 is 0 Å². The van der Waals surface area contributed by atoms with Crippen molar-refractivity contribution in [2.45, 2.75) is 20.1 Å². The van der Waals surface area contributed by atoms with Crippen LogP contribution < -0.4 is 10.6 Å². The fraction of sp³-hybridized carbons (Fsp3) is 0.227. The number of rotatable bonds is 8. The number of anilines is 2. The molecule has 4 rings (SSSR count). The lowest BCUT2D eigenvalue weighted by molar-refractivity contribution is 0.0915. The van der Waals surface area contributed by atoms with Gasteiger partial charge in [0, 0.05) is 33.0 Å². The Kier molecular flexibility index (Phi) is 6.22. The zero-order valence-corrected chi connectivity index (χ0v) is 18.0. The summed E-state index contributed by atoms with van der Waals surface area (Å²) in [6.45, 7) is 2.67. The topological polar surface area (TPSA) is 120 Å². The van der Waals surface area contributed by atoms with E-state index in [4.69, 9.17) is 9.15 Å². The van der Waals surface area contributed by atoms with Gasteiger partial charge < -0.3 is 19.8 Å². The molecule has 0 unspecified atom stereocenters. The molecule has 2 N–H and O–H groups in total. The van der Waals surface area contributed by atoms with Crippen molar-refractivity contribution in [3.8, 4) is 11.4 Å². The van der Waals surface area contributed by atoms with E-state index in [0.717, 1.165) is 22.5 Å². The van der Waals surface area contributed by atoms with Crippen LogP contribution in [0.3, 0.4) is 0 Å². The van der Waals surface area contributed by atoms with Crippen LogP contribution >= 0.6 is 0 Å². The molecule has 164 valence electrons. The number of aryl methyl sites for hydroxylation is 2. The molecule has 10 heteroatoms. The second-order valence-electron chi connectivity index (χ2n) is 7.11. The Balaban J connectivity index is 1.48. The van der Waals surface area contributed by atoms with Crippen LogP contribution in [0.4, 0.5) is 11.8 Å². The first-order valence-corrected chi connectivity index (χ1v) is 9.93. The Morgan fingerprint density at radius 2 is 2.00 bits per heavy atom. The Morgan fingerprint density at radius 1 is 1.19 bits per heavy atom. The highest BCUT2D eigenvalue weighted by Crippen LogP contribution is 2.22. The first kappa shape index (κ1) is 21.2. The zero-order chi connectivity index (χ0) is 22.5. The fourth-order valence-electron chi connectivity index (χ4n) is 3.14. The summed E-state index contributed by atoms with van der Waals surface area (Å²) in [4.78, 5) is 25.7. The molecule has 1 aromatic carbocycles. The van der Waals surface area contributed by atoms with Crippen LogP contribution in [-0.2, 0) is 24.9 Å². The molecule has 3 aromatic heterocycles. The number of carbonyl (C=O) groups is 1. The molecule has 0 saturated carbocycles. The van der Waals surface area contributed by atoms with Crippen molar-refractivity contribution in [1.82, 2.24) is 30.0 Å². The van der Waals surface area contributed by atoms with Crippen molar-refractivity contribution < 1.29 is 13.9 Å². The van der Waals surface area contributed by atoms with Crippen LogP contribution in [0.5, 0.6) is 0 Å². The molecule has 32 heavy (non-hydrogen) atoms. The molecule has 0 atom stereocenters. The quantitative estimate of drug-likeness (QED) is 0.435. The fourth-order valence-corrected chi connectivity index (χ4v) is 3.14. The number of oxazole rings is 1. The number of hydrogen-bond acceptors (Lipinski definition) is 8. The lowest BCUT2D eigenvalue weighted by Crippen LogP contribution is -2.23. The molecule has 0 bridgehead atoms. The van der Waals surface area contributed by atoms with E-state index in [0.29, 0.717) is 30.5 Å². The second-order valence-corrected chi connectivity index (χ2v) is 7.11. The Morgan fingerprint density at radius 3 is 2.75 bits per heavy atom. The summed E-state index contributed by atoms with van der Waals surface area (Å²) in [5.74, 6) is 0.679. The van der Waals surface area contributed by atoms with Crippen molar-refractivity contribution in [1.29, 1.82) is 0 Å². The van der Waals surface area contributed by atoms with Crippen molar-refractivity contribution in [2.24, 2.45) is 7.05 Å². The van der Waals surface area contributed by atoms with Gasteiger partial charge in [-0.1, -0.05) is 24.3 Å². The minimum absolute atomic E-state index is 0.0385. The summed E-state index contributed by atoms with van der Waals surface area (Å²) < 4.78 is 12.3. The summed E-state index contributed by atoms with van der Waals surface area (Å²) in [5, 5.41) is 10.0. The maximum atomic E-state index is 12.6. The first-order valence-electron chi connectivity index (χ1n) is 9.93. The molecule has 0 aliphatic heterocycles. The Bertz CT molecular complexity index is 1230. The van der Waals surface area contributed by atoms with Gasteiger partial charge >= 0.3 is 5.91 Å². The van der Waals surface area contributed by atoms with Crippen LogP contribution in [0.2, 0.25) is 0 Å². The molecule has 4 aromatic rings. The average Bonchev–Trinajstić information content (AvgIpc) is 3.44. The molecule has 0 fully saturated rings. The highest BCUT2D eigenvalue weighted by Gasteiger charge is 2.17. The largest absolute Gasteiger partial charge is 0.440 e. The van der Waals surface area contributed by atoms with Gasteiger partial charge in [0.25, 0.3) is 5.89 Å². The molecule has 1 amide bonds. The standard InChI is InChI=1S/C22H23N7O3/c1-14-10-24-22(27-18-8-9-25-29(18)2)28-19(14)17-13-32-21(26-17)20(30)23-11-15-6-4-5-7-16(15)12-31-3/h4-10,13H,11-12H2,1-3H3,(H,23,30)(H,24,27,28). The molecular weight excluding hydrogens is 410 g/mol. The van der Waals surface area contributed by atoms with Crippen LogP contribution in [0.15, 0.2) is 53.4 Å². The number of amides is 1. The third-order valence-corrected chi connectivity index (χ3v) is 4.83. The third kappa shape index (κ3) is 4.65. The number of ether oxygens (including phenoxy) is 1. The second kappa shape index (κ2) is 9.40. The number of nitrogens with one attached hydrogen (secondary N) is 2. The molecule has 0 aliphatic rings. The normalized spacial score (nSPS) is 10.8. The van der Waals surface area contributed by atoms with Gasteiger partial charge in [0.2, 0.25) is 5.95 Å². The molecular formula is C22H23N7O3. The van der Waals surface area contributed by atoms with Gasteiger partial charge in [-0.05, 0) is 23.6 Å². The van der Waals surface area contributed by atoms with Crippen LogP contribution in [0.1, 0.15) is 27.4 Å². The average molecular weight is 433 g/mol. The van der Waals surface area contributed by atoms with E-state index in [1.54, 1.807) is 24.2 Å². The van der Waals surface area contributed by atoms with Crippen molar-refractivity contribution >= 4 is 17.7 Å².